The van der Waals surface area contributed by atoms with Gasteiger partial charge in [0.25, 0.3) is 0 Å². The molecule has 1 N–H and O–H groups in total. The highest BCUT2D eigenvalue weighted by atomic mass is 35.5. The van der Waals surface area contributed by atoms with E-state index in [-0.39, 0.29) is 11.9 Å². The van der Waals surface area contributed by atoms with E-state index in [1.54, 1.807) is 10.9 Å². The average molecular weight is 311 g/mol. The normalized spacial score (nSPS) is 12.6. The SMILES string of the molecule is CCNC(Cc1c(Cl)c(CC)nn1C)c1cncc(F)c1. The lowest BCUT2D eigenvalue weighted by atomic mass is 10.0. The highest BCUT2D eigenvalue weighted by Gasteiger charge is 2.19. The van der Waals surface area contributed by atoms with Crippen molar-refractivity contribution in [2.45, 2.75) is 32.7 Å². The molecule has 0 aliphatic heterocycles. The van der Waals surface area contributed by atoms with Gasteiger partial charge in [-0.05, 0) is 24.6 Å². The topological polar surface area (TPSA) is 42.7 Å². The lowest BCUT2D eigenvalue weighted by Crippen LogP contribution is -2.24. The standard InChI is InChI=1S/C15H20ClFN4/c1-4-12-15(16)14(21(3)20-12)7-13(19-5-2)10-6-11(17)9-18-8-10/h6,8-9,13,19H,4-5,7H2,1-3H3. The van der Waals surface area contributed by atoms with Crippen LogP contribution in [0.3, 0.4) is 0 Å². The molecule has 6 heteroatoms. The van der Waals surface area contributed by atoms with Gasteiger partial charge < -0.3 is 5.32 Å². The highest BCUT2D eigenvalue weighted by Crippen LogP contribution is 2.26. The predicted molar refractivity (Wildman–Crippen MR) is 81.9 cm³/mol. The zero-order chi connectivity index (χ0) is 15.4. The molecule has 0 aliphatic rings. The summed E-state index contributed by atoms with van der Waals surface area (Å²) in [6, 6.07) is 1.46. The van der Waals surface area contributed by atoms with Gasteiger partial charge in [0.2, 0.25) is 0 Å². The molecule has 0 saturated carbocycles. The van der Waals surface area contributed by atoms with Gasteiger partial charge in [0, 0.05) is 25.7 Å². The summed E-state index contributed by atoms with van der Waals surface area (Å²) < 4.78 is 15.2. The summed E-state index contributed by atoms with van der Waals surface area (Å²) in [4.78, 5) is 3.92. The predicted octanol–water partition coefficient (Wildman–Crippen LogP) is 3.06. The highest BCUT2D eigenvalue weighted by molar-refractivity contribution is 6.31. The quantitative estimate of drug-likeness (QED) is 0.891. The van der Waals surface area contributed by atoms with Crippen molar-refractivity contribution in [2.75, 3.05) is 6.54 Å². The van der Waals surface area contributed by atoms with Gasteiger partial charge >= 0.3 is 0 Å². The third-order valence-corrected chi connectivity index (χ3v) is 3.92. The zero-order valence-electron chi connectivity index (χ0n) is 12.5. The van der Waals surface area contributed by atoms with Crippen LogP contribution in [-0.4, -0.2) is 21.3 Å². The Kier molecular flexibility index (Phi) is 5.31. The Morgan fingerprint density at radius 2 is 2.14 bits per heavy atom. The van der Waals surface area contributed by atoms with Crippen LogP contribution >= 0.6 is 11.6 Å². The van der Waals surface area contributed by atoms with E-state index in [1.807, 2.05) is 20.9 Å². The zero-order valence-corrected chi connectivity index (χ0v) is 13.3. The van der Waals surface area contributed by atoms with Crippen LogP contribution in [0.4, 0.5) is 4.39 Å². The van der Waals surface area contributed by atoms with Gasteiger partial charge in [0.05, 0.1) is 22.6 Å². The van der Waals surface area contributed by atoms with Crippen LogP contribution in [0, 0.1) is 5.82 Å². The first-order valence-corrected chi connectivity index (χ1v) is 7.48. The van der Waals surface area contributed by atoms with Gasteiger partial charge in [0.15, 0.2) is 0 Å². The fourth-order valence-electron chi connectivity index (χ4n) is 2.41. The Bertz CT molecular complexity index is 612. The maximum Gasteiger partial charge on any atom is 0.141 e. The van der Waals surface area contributed by atoms with Crippen LogP contribution in [0.1, 0.15) is 36.8 Å². The number of nitrogens with one attached hydrogen (secondary N) is 1. The first-order chi connectivity index (χ1) is 10.1. The molecule has 2 aromatic rings. The minimum Gasteiger partial charge on any atom is -0.310 e. The van der Waals surface area contributed by atoms with Crippen LogP contribution in [0.5, 0.6) is 0 Å². The summed E-state index contributed by atoms with van der Waals surface area (Å²) >= 11 is 6.39. The van der Waals surface area contributed by atoms with Gasteiger partial charge in [0.1, 0.15) is 5.82 Å². The molecular formula is C15H20ClFN4. The Labute approximate surface area is 129 Å². The third-order valence-electron chi connectivity index (χ3n) is 3.48. The van der Waals surface area contributed by atoms with E-state index in [4.69, 9.17) is 11.6 Å². The van der Waals surface area contributed by atoms with E-state index in [0.29, 0.717) is 11.4 Å². The summed E-state index contributed by atoms with van der Waals surface area (Å²) in [5.41, 5.74) is 2.65. The van der Waals surface area contributed by atoms with Gasteiger partial charge in [-0.15, -0.1) is 0 Å². The molecule has 1 atom stereocenters. The number of hydrogen-bond acceptors (Lipinski definition) is 3. The molecular weight excluding hydrogens is 291 g/mol. The molecule has 4 nitrogen and oxygen atoms in total. The molecule has 2 aromatic heterocycles. The van der Waals surface area contributed by atoms with Crippen LogP contribution in [0.25, 0.3) is 0 Å². The van der Waals surface area contributed by atoms with Crippen LogP contribution in [0.15, 0.2) is 18.5 Å². The average Bonchev–Trinajstić information content (AvgIpc) is 2.74. The van der Waals surface area contributed by atoms with Crippen molar-refractivity contribution in [3.63, 3.8) is 0 Å². The maximum atomic E-state index is 13.4. The summed E-state index contributed by atoms with van der Waals surface area (Å²) in [7, 11) is 1.88. The fourth-order valence-corrected chi connectivity index (χ4v) is 2.78. The first kappa shape index (κ1) is 15.9. The van der Waals surface area contributed by atoms with Gasteiger partial charge in [-0.25, -0.2) is 4.39 Å². The van der Waals surface area contributed by atoms with Crippen molar-refractivity contribution >= 4 is 11.6 Å². The summed E-state index contributed by atoms with van der Waals surface area (Å²) in [5.74, 6) is -0.333. The number of rotatable bonds is 6. The number of likely N-dealkylation sites (N-methyl/N-ethyl adjacent to an activating group) is 1. The van der Waals surface area contributed by atoms with Crippen molar-refractivity contribution < 1.29 is 4.39 Å². The van der Waals surface area contributed by atoms with Gasteiger partial charge in [-0.1, -0.05) is 25.4 Å². The van der Waals surface area contributed by atoms with E-state index >= 15 is 0 Å². The second-order valence-corrected chi connectivity index (χ2v) is 5.31. The molecule has 114 valence electrons. The van der Waals surface area contributed by atoms with Gasteiger partial charge in [-0.2, -0.15) is 5.10 Å². The van der Waals surface area contributed by atoms with E-state index in [2.05, 4.69) is 15.4 Å². The molecule has 0 amide bonds. The Hall–Kier alpha value is -1.46. The van der Waals surface area contributed by atoms with Crippen molar-refractivity contribution in [1.82, 2.24) is 20.1 Å². The second kappa shape index (κ2) is 7.00. The smallest absolute Gasteiger partial charge is 0.141 e. The first-order valence-electron chi connectivity index (χ1n) is 7.10. The molecule has 0 spiro atoms. The molecule has 21 heavy (non-hydrogen) atoms. The van der Waals surface area contributed by atoms with E-state index in [0.717, 1.165) is 29.9 Å². The molecule has 0 saturated heterocycles. The van der Waals surface area contributed by atoms with Gasteiger partial charge in [-0.3, -0.25) is 9.67 Å². The largest absolute Gasteiger partial charge is 0.310 e. The number of nitrogens with zero attached hydrogens (tertiary/aromatic N) is 3. The van der Waals surface area contributed by atoms with Crippen LogP contribution in [0.2, 0.25) is 5.02 Å². The molecule has 0 fully saturated rings. The maximum absolute atomic E-state index is 13.4. The van der Waals surface area contributed by atoms with E-state index in [1.165, 1.54) is 12.3 Å². The minimum absolute atomic E-state index is 0.0455. The molecule has 0 aromatic carbocycles. The van der Waals surface area contributed by atoms with E-state index < -0.39 is 0 Å². The number of aromatic nitrogens is 3. The number of halogens is 2. The third kappa shape index (κ3) is 3.60. The molecule has 0 radical (unpaired) electrons. The monoisotopic (exact) mass is 310 g/mol. The lowest BCUT2D eigenvalue weighted by Gasteiger charge is -2.18. The summed E-state index contributed by atoms with van der Waals surface area (Å²) in [6.07, 6.45) is 4.32. The Balaban J connectivity index is 2.30. The van der Waals surface area contributed by atoms with Crippen LogP contribution in [-0.2, 0) is 19.9 Å². The Morgan fingerprint density at radius 3 is 2.71 bits per heavy atom. The molecule has 2 rings (SSSR count). The van der Waals surface area contributed by atoms with Crippen molar-refractivity contribution in [3.05, 3.63) is 46.3 Å². The number of pyridine rings is 1. The molecule has 0 bridgehead atoms. The van der Waals surface area contributed by atoms with Crippen molar-refractivity contribution in [3.8, 4) is 0 Å². The molecule has 1 unspecified atom stereocenters. The van der Waals surface area contributed by atoms with E-state index in [9.17, 15) is 4.39 Å². The lowest BCUT2D eigenvalue weighted by molar-refractivity contribution is 0.521. The molecule has 0 aliphatic carbocycles. The van der Waals surface area contributed by atoms with Crippen molar-refractivity contribution in [2.24, 2.45) is 7.05 Å². The molecule has 2 heterocycles. The fraction of sp³-hybridized carbons (Fsp3) is 0.467. The van der Waals surface area contributed by atoms with Crippen molar-refractivity contribution in [1.29, 1.82) is 0 Å². The minimum atomic E-state index is -0.333. The van der Waals surface area contributed by atoms with Crippen LogP contribution < -0.4 is 5.32 Å². The number of aryl methyl sites for hydroxylation is 2. The number of hydrogen-bond donors (Lipinski definition) is 1. The Morgan fingerprint density at radius 1 is 1.38 bits per heavy atom. The second-order valence-electron chi connectivity index (χ2n) is 4.94. The summed E-state index contributed by atoms with van der Waals surface area (Å²) in [5, 5.41) is 8.47. The summed E-state index contributed by atoms with van der Waals surface area (Å²) in [6.45, 7) is 4.82.